The average Bonchev–Trinajstić information content (AvgIpc) is 2.71. The first-order valence-electron chi connectivity index (χ1n) is 9.01. The number of hydrogen-bond acceptors (Lipinski definition) is 7. The average molecular weight is 395 g/mol. The van der Waals surface area contributed by atoms with Crippen LogP contribution in [0, 0.1) is 6.92 Å². The van der Waals surface area contributed by atoms with Crippen LogP contribution < -0.4 is 10.4 Å². The van der Waals surface area contributed by atoms with Crippen LogP contribution in [-0.2, 0) is 16.1 Å². The first kappa shape index (κ1) is 20.1. The molecule has 0 fully saturated rings. The van der Waals surface area contributed by atoms with Crippen LogP contribution in [0.3, 0.4) is 0 Å². The maximum Gasteiger partial charge on any atom is 0.343 e. The van der Waals surface area contributed by atoms with Crippen LogP contribution in [0.5, 0.6) is 11.5 Å². The van der Waals surface area contributed by atoms with Crippen LogP contribution in [0.4, 0.5) is 0 Å². The molecule has 3 aromatic rings. The molecule has 0 aliphatic rings. The number of benzene rings is 1. The molecule has 7 nitrogen and oxygen atoms in total. The number of ether oxygens (including phenoxy) is 2. The molecule has 1 aromatic carbocycles. The van der Waals surface area contributed by atoms with Gasteiger partial charge in [0.2, 0.25) is 0 Å². The first-order valence-corrected chi connectivity index (χ1v) is 9.01. The summed E-state index contributed by atoms with van der Waals surface area (Å²) >= 11 is 0. The fourth-order valence-electron chi connectivity index (χ4n) is 3.08. The Hall–Kier alpha value is -3.61. The number of para-hydroxylation sites is 1. The van der Waals surface area contributed by atoms with Gasteiger partial charge in [0.1, 0.15) is 23.9 Å². The quantitative estimate of drug-likeness (QED) is 0.613. The highest BCUT2D eigenvalue weighted by atomic mass is 16.5. The van der Waals surface area contributed by atoms with Crippen molar-refractivity contribution in [2.24, 2.45) is 0 Å². The highest BCUT2D eigenvalue weighted by Crippen LogP contribution is 2.37. The van der Waals surface area contributed by atoms with E-state index in [1.807, 2.05) is 18.2 Å². The summed E-state index contributed by atoms with van der Waals surface area (Å²) in [5.41, 5.74) is 0.552. The third-order valence-electron chi connectivity index (χ3n) is 4.43. The van der Waals surface area contributed by atoms with Gasteiger partial charge in [0.25, 0.3) is 0 Å². The number of carbonyl (C=O) groups is 1. The van der Waals surface area contributed by atoms with Gasteiger partial charge in [0.15, 0.2) is 0 Å². The maximum absolute atomic E-state index is 12.5. The van der Waals surface area contributed by atoms with Crippen LogP contribution in [0.25, 0.3) is 0 Å². The zero-order valence-corrected chi connectivity index (χ0v) is 16.1. The number of carbonyl (C=O) groups excluding carboxylic acids is 1. The lowest BCUT2D eigenvalue weighted by molar-refractivity contribution is -0.140. The number of pyridine rings is 1. The molecule has 7 heteroatoms. The lowest BCUT2D eigenvalue weighted by atomic mass is 9.88. The van der Waals surface area contributed by atoms with Crippen molar-refractivity contribution >= 4 is 5.97 Å². The van der Waals surface area contributed by atoms with Gasteiger partial charge in [0.05, 0.1) is 24.8 Å². The van der Waals surface area contributed by atoms with E-state index in [1.165, 1.54) is 13.2 Å². The molecule has 0 saturated carbocycles. The van der Waals surface area contributed by atoms with Crippen LogP contribution in [0.2, 0.25) is 0 Å². The molecule has 1 atom stereocenters. The lowest BCUT2D eigenvalue weighted by Gasteiger charge is -2.20. The van der Waals surface area contributed by atoms with Crippen molar-refractivity contribution in [2.45, 2.75) is 25.9 Å². The summed E-state index contributed by atoms with van der Waals surface area (Å²) < 4.78 is 15.9. The number of rotatable bonds is 7. The molecule has 150 valence electrons. The highest BCUT2D eigenvalue weighted by Gasteiger charge is 2.28. The van der Waals surface area contributed by atoms with E-state index in [1.54, 1.807) is 37.4 Å². The van der Waals surface area contributed by atoms with Gasteiger partial charge in [-0.1, -0.05) is 24.3 Å². The van der Waals surface area contributed by atoms with Crippen molar-refractivity contribution in [3.63, 3.8) is 0 Å². The van der Waals surface area contributed by atoms with Crippen LogP contribution in [0.15, 0.2) is 63.9 Å². The second kappa shape index (κ2) is 9.05. The molecule has 3 rings (SSSR count). The van der Waals surface area contributed by atoms with E-state index in [-0.39, 0.29) is 30.1 Å². The van der Waals surface area contributed by atoms with Gasteiger partial charge in [-0.05, 0) is 25.1 Å². The third kappa shape index (κ3) is 4.82. The number of methoxy groups -OCH3 is 1. The van der Waals surface area contributed by atoms with Gasteiger partial charge < -0.3 is 19.0 Å². The van der Waals surface area contributed by atoms with Gasteiger partial charge in [-0.15, -0.1) is 0 Å². The van der Waals surface area contributed by atoms with Crippen molar-refractivity contribution in [2.75, 3.05) is 7.11 Å². The summed E-state index contributed by atoms with van der Waals surface area (Å²) in [6.07, 6.45) is 1.50. The number of esters is 1. The SMILES string of the molecule is COC(=O)C[C@H](c1ccccc1OCc1ccccn1)c1c(O)cc(C)oc1=O. The molecule has 0 aliphatic heterocycles. The second-order valence-electron chi connectivity index (χ2n) is 6.42. The Kier molecular flexibility index (Phi) is 6.29. The Labute approximate surface area is 167 Å². The van der Waals surface area contributed by atoms with Crippen molar-refractivity contribution in [1.29, 1.82) is 0 Å². The Balaban J connectivity index is 2.03. The van der Waals surface area contributed by atoms with E-state index in [0.29, 0.717) is 11.3 Å². The predicted molar refractivity (Wildman–Crippen MR) is 105 cm³/mol. The van der Waals surface area contributed by atoms with Crippen molar-refractivity contribution in [1.82, 2.24) is 4.98 Å². The zero-order chi connectivity index (χ0) is 20.8. The number of aryl methyl sites for hydroxylation is 1. The fourth-order valence-corrected chi connectivity index (χ4v) is 3.08. The molecular weight excluding hydrogens is 374 g/mol. The Morgan fingerprint density at radius 2 is 1.97 bits per heavy atom. The van der Waals surface area contributed by atoms with Crippen LogP contribution in [0.1, 0.15) is 34.9 Å². The molecule has 0 radical (unpaired) electrons. The molecule has 0 amide bonds. The molecular formula is C22H21NO6. The van der Waals surface area contributed by atoms with Gasteiger partial charge in [-0.3, -0.25) is 9.78 Å². The monoisotopic (exact) mass is 395 g/mol. The topological polar surface area (TPSA) is 98.9 Å². The summed E-state index contributed by atoms with van der Waals surface area (Å²) in [5, 5.41) is 10.4. The van der Waals surface area contributed by atoms with E-state index in [2.05, 4.69) is 4.98 Å². The number of hydrogen-bond donors (Lipinski definition) is 1. The lowest BCUT2D eigenvalue weighted by Crippen LogP contribution is -2.19. The first-order chi connectivity index (χ1) is 14.0. The molecule has 0 aliphatic carbocycles. The summed E-state index contributed by atoms with van der Waals surface area (Å²) in [6, 6.07) is 13.9. The standard InChI is InChI=1S/C22H21NO6/c1-14-11-18(24)21(22(26)29-14)17(12-20(25)27-2)16-8-3-4-9-19(16)28-13-15-7-5-6-10-23-15/h3-11,17,24H,12-13H2,1-2H3/t17-/m1/s1. The predicted octanol–water partition coefficient (Wildman–Crippen LogP) is 3.32. The van der Waals surface area contributed by atoms with E-state index in [4.69, 9.17) is 13.9 Å². The summed E-state index contributed by atoms with van der Waals surface area (Å²) in [7, 11) is 1.26. The molecule has 2 aromatic heterocycles. The van der Waals surface area contributed by atoms with Gasteiger partial charge in [-0.25, -0.2) is 4.79 Å². The maximum atomic E-state index is 12.5. The van der Waals surface area contributed by atoms with Crippen molar-refractivity contribution in [3.05, 3.63) is 87.7 Å². The minimum absolute atomic E-state index is 0.0186. The molecule has 2 heterocycles. The number of nitrogens with zero attached hydrogens (tertiary/aromatic N) is 1. The Morgan fingerprint density at radius 1 is 1.21 bits per heavy atom. The summed E-state index contributed by atoms with van der Waals surface area (Å²) in [6.45, 7) is 1.77. The van der Waals surface area contributed by atoms with E-state index >= 15 is 0 Å². The van der Waals surface area contributed by atoms with Crippen molar-refractivity contribution < 1.29 is 23.8 Å². The van der Waals surface area contributed by atoms with E-state index in [9.17, 15) is 14.7 Å². The van der Waals surface area contributed by atoms with Gasteiger partial charge >= 0.3 is 11.6 Å². The second-order valence-corrected chi connectivity index (χ2v) is 6.42. The van der Waals surface area contributed by atoms with Gasteiger partial charge in [-0.2, -0.15) is 0 Å². The third-order valence-corrected chi connectivity index (χ3v) is 4.43. The Morgan fingerprint density at radius 3 is 2.66 bits per heavy atom. The minimum Gasteiger partial charge on any atom is -0.507 e. The zero-order valence-electron chi connectivity index (χ0n) is 16.1. The van der Waals surface area contributed by atoms with Crippen LogP contribution in [-0.4, -0.2) is 23.2 Å². The molecule has 0 saturated heterocycles. The molecule has 1 N–H and O–H groups in total. The van der Waals surface area contributed by atoms with Gasteiger partial charge in [0, 0.05) is 23.7 Å². The minimum atomic E-state index is -0.806. The Bertz CT molecular complexity index is 1040. The largest absolute Gasteiger partial charge is 0.507 e. The highest BCUT2D eigenvalue weighted by molar-refractivity contribution is 5.72. The molecule has 0 unspecified atom stereocenters. The molecule has 29 heavy (non-hydrogen) atoms. The molecule has 0 spiro atoms. The van der Waals surface area contributed by atoms with E-state index in [0.717, 1.165) is 5.69 Å². The number of aromatic nitrogens is 1. The normalized spacial score (nSPS) is 11.7. The summed E-state index contributed by atoms with van der Waals surface area (Å²) in [4.78, 5) is 28.8. The summed E-state index contributed by atoms with van der Waals surface area (Å²) in [5.74, 6) is -0.848. The molecule has 0 bridgehead atoms. The smallest absolute Gasteiger partial charge is 0.343 e. The van der Waals surface area contributed by atoms with Crippen molar-refractivity contribution in [3.8, 4) is 11.5 Å². The fraction of sp³-hybridized carbons (Fsp3) is 0.227. The van der Waals surface area contributed by atoms with E-state index < -0.39 is 17.5 Å². The number of aromatic hydroxyl groups is 1. The van der Waals surface area contributed by atoms with Crippen LogP contribution >= 0.6 is 0 Å².